The lowest BCUT2D eigenvalue weighted by Crippen LogP contribution is -2.26. The highest BCUT2D eigenvalue weighted by Gasteiger charge is 2.29. The first-order valence-corrected chi connectivity index (χ1v) is 5.42. The minimum absolute atomic E-state index is 0.132. The molecular weight excluding hydrogens is 272 g/mol. The van der Waals surface area contributed by atoms with Gasteiger partial charge in [-0.3, -0.25) is 9.59 Å². The van der Waals surface area contributed by atoms with Gasteiger partial charge in [-0.15, -0.1) is 0 Å². The van der Waals surface area contributed by atoms with E-state index in [-0.39, 0.29) is 17.6 Å². The van der Waals surface area contributed by atoms with Gasteiger partial charge in [0.25, 0.3) is 0 Å². The number of rotatable bonds is 5. The molecule has 0 saturated heterocycles. The Balaban J connectivity index is 0. The first-order valence-electron chi connectivity index (χ1n) is 5.42. The van der Waals surface area contributed by atoms with Crippen molar-refractivity contribution in [1.82, 2.24) is 0 Å². The number of hydrogen-bond donors (Lipinski definition) is 4. The second-order valence-corrected chi connectivity index (χ2v) is 4.62. The standard InChI is InChI=1S/C6H10O4.C6H8O4/c1-6(2,5(9)10)3-4(7)8;1-3(5(7)8)4(2)6(9)10/h3H2,1-2H3,(H,7,8)(H,9,10);1-2H3,(H,7,8)(H,9,10)/b;4-3+. The Bertz CT molecular complexity index is 422. The summed E-state index contributed by atoms with van der Waals surface area (Å²) < 4.78 is 0. The van der Waals surface area contributed by atoms with Gasteiger partial charge in [-0.05, 0) is 27.7 Å². The molecule has 8 nitrogen and oxygen atoms in total. The fourth-order valence-corrected chi connectivity index (χ4v) is 0.774. The van der Waals surface area contributed by atoms with Gasteiger partial charge in [-0.1, -0.05) is 0 Å². The van der Waals surface area contributed by atoms with E-state index in [9.17, 15) is 19.2 Å². The molecule has 0 aromatic carbocycles. The van der Waals surface area contributed by atoms with Crippen molar-refractivity contribution < 1.29 is 39.6 Å². The normalized spacial score (nSPS) is 11.6. The molecule has 0 unspecified atom stereocenters. The summed E-state index contributed by atoms with van der Waals surface area (Å²) in [5.41, 5.74) is -1.42. The summed E-state index contributed by atoms with van der Waals surface area (Å²) in [6.45, 7) is 5.27. The highest BCUT2D eigenvalue weighted by atomic mass is 16.4. The maximum atomic E-state index is 10.3. The van der Waals surface area contributed by atoms with Crippen LogP contribution in [0.5, 0.6) is 0 Å². The monoisotopic (exact) mass is 290 g/mol. The van der Waals surface area contributed by atoms with Crippen LogP contribution in [0.4, 0.5) is 0 Å². The third kappa shape index (κ3) is 7.85. The van der Waals surface area contributed by atoms with E-state index in [2.05, 4.69) is 0 Å². The SMILES string of the molecule is C/C(C(=O)O)=C(/C)C(=O)O.CC(C)(CC(=O)O)C(=O)O. The lowest BCUT2D eigenvalue weighted by molar-refractivity contribution is -0.153. The molecule has 0 aromatic rings. The van der Waals surface area contributed by atoms with Crippen LogP contribution in [0.1, 0.15) is 34.1 Å². The Morgan fingerprint density at radius 1 is 0.800 bits per heavy atom. The Morgan fingerprint density at radius 3 is 1.20 bits per heavy atom. The van der Waals surface area contributed by atoms with E-state index < -0.39 is 29.3 Å². The van der Waals surface area contributed by atoms with Gasteiger partial charge in [0, 0.05) is 11.1 Å². The van der Waals surface area contributed by atoms with Gasteiger partial charge in [0.15, 0.2) is 0 Å². The highest BCUT2D eigenvalue weighted by Crippen LogP contribution is 2.19. The van der Waals surface area contributed by atoms with Crippen LogP contribution in [0.15, 0.2) is 11.1 Å². The maximum absolute atomic E-state index is 10.3. The number of aliphatic carboxylic acids is 4. The molecule has 20 heavy (non-hydrogen) atoms. The van der Waals surface area contributed by atoms with Gasteiger partial charge in [-0.25, -0.2) is 9.59 Å². The fourth-order valence-electron chi connectivity index (χ4n) is 0.774. The molecule has 0 atom stereocenters. The van der Waals surface area contributed by atoms with Crippen molar-refractivity contribution in [1.29, 1.82) is 0 Å². The summed E-state index contributed by atoms with van der Waals surface area (Å²) in [7, 11) is 0. The lowest BCUT2D eigenvalue weighted by Gasteiger charge is -2.14. The maximum Gasteiger partial charge on any atom is 0.331 e. The molecule has 0 saturated carbocycles. The first kappa shape index (κ1) is 19.9. The molecule has 4 N–H and O–H groups in total. The molecule has 114 valence electrons. The van der Waals surface area contributed by atoms with Crippen LogP contribution in [0.25, 0.3) is 0 Å². The lowest BCUT2D eigenvalue weighted by atomic mass is 9.90. The molecule has 0 aliphatic rings. The summed E-state index contributed by atoms with van der Waals surface area (Å²) in [4.78, 5) is 40.6. The zero-order valence-corrected chi connectivity index (χ0v) is 11.6. The molecule has 0 aliphatic carbocycles. The van der Waals surface area contributed by atoms with Gasteiger partial charge >= 0.3 is 23.9 Å². The van der Waals surface area contributed by atoms with Crippen LogP contribution in [0.3, 0.4) is 0 Å². The number of carboxylic acids is 4. The third-order valence-electron chi connectivity index (χ3n) is 2.38. The Labute approximate surface area is 115 Å². The van der Waals surface area contributed by atoms with Crippen LogP contribution in [0.2, 0.25) is 0 Å². The van der Waals surface area contributed by atoms with E-state index >= 15 is 0 Å². The van der Waals surface area contributed by atoms with Crippen molar-refractivity contribution in [2.45, 2.75) is 34.1 Å². The quantitative estimate of drug-likeness (QED) is 0.549. The zero-order valence-electron chi connectivity index (χ0n) is 11.6. The molecule has 0 spiro atoms. The summed E-state index contributed by atoms with van der Waals surface area (Å²) in [6.07, 6.45) is -0.345. The van der Waals surface area contributed by atoms with Gasteiger partial charge < -0.3 is 20.4 Å². The van der Waals surface area contributed by atoms with Crippen molar-refractivity contribution >= 4 is 23.9 Å². The van der Waals surface area contributed by atoms with E-state index in [4.69, 9.17) is 20.4 Å². The minimum Gasteiger partial charge on any atom is -0.481 e. The van der Waals surface area contributed by atoms with Crippen molar-refractivity contribution in [3.05, 3.63) is 11.1 Å². The van der Waals surface area contributed by atoms with Gasteiger partial charge in [0.1, 0.15) is 0 Å². The molecule has 0 aliphatic heterocycles. The minimum atomic E-state index is -1.19. The molecule has 8 heteroatoms. The molecule has 0 heterocycles. The molecule has 0 rings (SSSR count). The molecular formula is C12H18O8. The van der Waals surface area contributed by atoms with E-state index in [0.717, 1.165) is 0 Å². The van der Waals surface area contributed by atoms with Gasteiger partial charge in [0.05, 0.1) is 11.8 Å². The number of hydrogen-bond acceptors (Lipinski definition) is 4. The van der Waals surface area contributed by atoms with Gasteiger partial charge in [-0.2, -0.15) is 0 Å². The van der Waals surface area contributed by atoms with E-state index in [1.54, 1.807) is 0 Å². The largest absolute Gasteiger partial charge is 0.481 e. The first-order chi connectivity index (χ1) is 8.82. The molecule has 0 bridgehead atoms. The van der Waals surface area contributed by atoms with E-state index in [1.165, 1.54) is 27.7 Å². The molecule has 0 radical (unpaired) electrons. The summed E-state index contributed by atoms with van der Waals surface area (Å²) in [5.74, 6) is -4.57. The summed E-state index contributed by atoms with van der Waals surface area (Å²) >= 11 is 0. The van der Waals surface area contributed by atoms with E-state index in [0.29, 0.717) is 0 Å². The predicted octanol–water partition coefficient (Wildman–Crippen LogP) is 1.06. The Kier molecular flexibility index (Phi) is 7.90. The molecule has 0 fully saturated rings. The van der Waals surface area contributed by atoms with Crippen LogP contribution in [0, 0.1) is 5.41 Å². The van der Waals surface area contributed by atoms with Crippen molar-refractivity contribution in [3.63, 3.8) is 0 Å². The molecule has 0 amide bonds. The van der Waals surface area contributed by atoms with Crippen molar-refractivity contribution in [2.24, 2.45) is 5.41 Å². The second kappa shape index (κ2) is 7.93. The van der Waals surface area contributed by atoms with E-state index in [1.807, 2.05) is 0 Å². The smallest absolute Gasteiger partial charge is 0.331 e. The third-order valence-corrected chi connectivity index (χ3v) is 2.38. The Morgan fingerprint density at radius 2 is 1.10 bits per heavy atom. The van der Waals surface area contributed by atoms with Crippen LogP contribution in [-0.4, -0.2) is 44.3 Å². The zero-order chi connectivity index (χ0) is 16.7. The summed E-state index contributed by atoms with van der Waals surface area (Å²) in [5, 5.41) is 33.2. The predicted molar refractivity (Wildman–Crippen MR) is 67.3 cm³/mol. The van der Waals surface area contributed by atoms with Crippen molar-refractivity contribution in [2.75, 3.05) is 0 Å². The topological polar surface area (TPSA) is 149 Å². The van der Waals surface area contributed by atoms with Gasteiger partial charge in [0.2, 0.25) is 0 Å². The van der Waals surface area contributed by atoms with Crippen LogP contribution in [-0.2, 0) is 19.2 Å². The van der Waals surface area contributed by atoms with Crippen LogP contribution < -0.4 is 0 Å². The van der Waals surface area contributed by atoms with Crippen molar-refractivity contribution in [3.8, 4) is 0 Å². The number of carboxylic acid groups (broad SMARTS) is 4. The highest BCUT2D eigenvalue weighted by molar-refractivity contribution is 5.97. The number of carbonyl (C=O) groups is 4. The summed E-state index contributed by atoms with van der Waals surface area (Å²) in [6, 6.07) is 0. The molecule has 0 aromatic heterocycles. The second-order valence-electron chi connectivity index (χ2n) is 4.62. The fraction of sp³-hybridized carbons (Fsp3) is 0.500. The Hall–Kier alpha value is -2.38. The average molecular weight is 290 g/mol. The average Bonchev–Trinajstić information content (AvgIpc) is 2.25. The van der Waals surface area contributed by atoms with Crippen LogP contribution >= 0.6 is 0 Å².